The molecule has 0 radical (unpaired) electrons. The number of aliphatic hydroxyl groups excluding tert-OH is 1. The summed E-state index contributed by atoms with van der Waals surface area (Å²) in [7, 11) is 0. The minimum atomic E-state index is 0.222. The molecule has 0 amide bonds. The summed E-state index contributed by atoms with van der Waals surface area (Å²) >= 11 is 0. The highest BCUT2D eigenvalue weighted by Gasteiger charge is 2.11. The molecule has 3 N–H and O–H groups in total. The molecule has 1 rings (SSSR count). The van der Waals surface area contributed by atoms with Crippen LogP contribution in [0, 0.1) is 0 Å². The van der Waals surface area contributed by atoms with Crippen molar-refractivity contribution in [1.29, 1.82) is 0 Å². The van der Waals surface area contributed by atoms with Crippen LogP contribution in [-0.2, 0) is 6.42 Å². The molecule has 1 atom stereocenters. The average Bonchev–Trinajstić information content (AvgIpc) is 2.29. The summed E-state index contributed by atoms with van der Waals surface area (Å²) in [6.45, 7) is 6.24. The Morgan fingerprint density at radius 2 is 1.94 bits per heavy atom. The molecule has 0 heterocycles. The molecule has 0 spiro atoms. The van der Waals surface area contributed by atoms with E-state index < -0.39 is 0 Å². The highest BCUT2D eigenvalue weighted by atomic mass is 16.3. The van der Waals surface area contributed by atoms with Gasteiger partial charge in [0.1, 0.15) is 0 Å². The largest absolute Gasteiger partial charge is 0.399 e. The third-order valence-electron chi connectivity index (χ3n) is 2.93. The first-order chi connectivity index (χ1) is 7.67. The minimum Gasteiger partial charge on any atom is -0.399 e. The molecule has 1 aromatic carbocycles. The zero-order valence-corrected chi connectivity index (χ0v) is 10.2. The molecule has 0 aliphatic rings. The number of nitrogens with two attached hydrogens (primary N) is 1. The zero-order valence-electron chi connectivity index (χ0n) is 10.2. The predicted octanol–water partition coefficient (Wildman–Crippen LogP) is 1.51. The number of nitrogen functional groups attached to an aromatic ring is 1. The summed E-state index contributed by atoms with van der Waals surface area (Å²) in [6, 6.07) is 8.45. The first-order valence-electron chi connectivity index (χ1n) is 5.86. The molecule has 0 aliphatic carbocycles. The van der Waals surface area contributed by atoms with Gasteiger partial charge >= 0.3 is 0 Å². The fraction of sp³-hybridized carbons (Fsp3) is 0.538. The van der Waals surface area contributed by atoms with Crippen LogP contribution in [0.3, 0.4) is 0 Å². The van der Waals surface area contributed by atoms with Crippen LogP contribution in [0.5, 0.6) is 0 Å². The van der Waals surface area contributed by atoms with Gasteiger partial charge in [0, 0.05) is 18.3 Å². The molecule has 3 nitrogen and oxygen atoms in total. The number of hydrogen-bond donors (Lipinski definition) is 2. The molecule has 0 aromatic heterocycles. The van der Waals surface area contributed by atoms with Crippen molar-refractivity contribution < 1.29 is 5.11 Å². The van der Waals surface area contributed by atoms with Gasteiger partial charge in [-0.05, 0) is 37.6 Å². The van der Waals surface area contributed by atoms with Gasteiger partial charge in [0.05, 0.1) is 6.61 Å². The maximum atomic E-state index is 8.96. The van der Waals surface area contributed by atoms with Gasteiger partial charge < -0.3 is 10.8 Å². The van der Waals surface area contributed by atoms with E-state index in [0.717, 1.165) is 25.2 Å². The Balaban J connectivity index is 2.55. The van der Waals surface area contributed by atoms with Crippen LogP contribution in [0.15, 0.2) is 24.3 Å². The Kier molecular flexibility index (Phi) is 5.29. The van der Waals surface area contributed by atoms with Crippen LogP contribution in [0.2, 0.25) is 0 Å². The lowest BCUT2D eigenvalue weighted by molar-refractivity contribution is 0.164. The highest BCUT2D eigenvalue weighted by Crippen LogP contribution is 2.11. The van der Waals surface area contributed by atoms with E-state index in [4.69, 9.17) is 10.8 Å². The zero-order chi connectivity index (χ0) is 12.0. The monoisotopic (exact) mass is 222 g/mol. The van der Waals surface area contributed by atoms with Crippen molar-refractivity contribution in [3.63, 3.8) is 0 Å². The fourth-order valence-electron chi connectivity index (χ4n) is 1.94. The van der Waals surface area contributed by atoms with Crippen molar-refractivity contribution in [3.05, 3.63) is 29.8 Å². The standard InChI is InChI=1S/C13H22N2O/c1-3-15(8-9-16)11(2)10-12-4-6-13(14)7-5-12/h4-7,11,16H,3,8-10,14H2,1-2H3. The lowest BCUT2D eigenvalue weighted by Gasteiger charge is -2.27. The lowest BCUT2D eigenvalue weighted by atomic mass is 10.1. The van der Waals surface area contributed by atoms with Crippen LogP contribution in [-0.4, -0.2) is 35.7 Å². The molecular formula is C13H22N2O. The summed E-state index contributed by atoms with van der Waals surface area (Å²) in [5.41, 5.74) is 7.74. The van der Waals surface area contributed by atoms with E-state index >= 15 is 0 Å². The van der Waals surface area contributed by atoms with E-state index in [0.29, 0.717) is 6.04 Å². The second-order valence-corrected chi connectivity index (χ2v) is 4.15. The topological polar surface area (TPSA) is 49.5 Å². The van der Waals surface area contributed by atoms with Crippen LogP contribution in [0.1, 0.15) is 19.4 Å². The van der Waals surface area contributed by atoms with Crippen LogP contribution >= 0.6 is 0 Å². The highest BCUT2D eigenvalue weighted by molar-refractivity contribution is 5.39. The normalized spacial score (nSPS) is 13.0. The third kappa shape index (κ3) is 3.83. The van der Waals surface area contributed by atoms with E-state index in [1.54, 1.807) is 0 Å². The number of benzene rings is 1. The molecule has 90 valence electrons. The van der Waals surface area contributed by atoms with Crippen molar-refractivity contribution in [2.45, 2.75) is 26.3 Å². The summed E-state index contributed by atoms with van der Waals surface area (Å²) in [5.74, 6) is 0. The van der Waals surface area contributed by atoms with Gasteiger partial charge in [-0.15, -0.1) is 0 Å². The summed E-state index contributed by atoms with van der Waals surface area (Å²) < 4.78 is 0. The number of likely N-dealkylation sites (N-methyl/N-ethyl adjacent to an activating group) is 1. The average molecular weight is 222 g/mol. The van der Waals surface area contributed by atoms with Crippen molar-refractivity contribution in [3.8, 4) is 0 Å². The van der Waals surface area contributed by atoms with Gasteiger partial charge in [-0.1, -0.05) is 19.1 Å². The fourth-order valence-corrected chi connectivity index (χ4v) is 1.94. The number of hydrogen-bond acceptors (Lipinski definition) is 3. The molecular weight excluding hydrogens is 200 g/mol. The van der Waals surface area contributed by atoms with Crippen molar-refractivity contribution in [2.24, 2.45) is 0 Å². The summed E-state index contributed by atoms with van der Waals surface area (Å²) in [4.78, 5) is 2.27. The quantitative estimate of drug-likeness (QED) is 0.717. The van der Waals surface area contributed by atoms with E-state index in [1.165, 1.54) is 5.56 Å². The molecule has 0 bridgehead atoms. The molecule has 0 aliphatic heterocycles. The molecule has 1 aromatic rings. The van der Waals surface area contributed by atoms with Gasteiger partial charge in [-0.3, -0.25) is 4.90 Å². The van der Waals surface area contributed by atoms with Gasteiger partial charge in [0.2, 0.25) is 0 Å². The molecule has 1 unspecified atom stereocenters. The van der Waals surface area contributed by atoms with Crippen molar-refractivity contribution in [1.82, 2.24) is 4.90 Å². The second-order valence-electron chi connectivity index (χ2n) is 4.15. The molecule has 0 saturated heterocycles. The Labute approximate surface area is 97.9 Å². The SMILES string of the molecule is CCN(CCO)C(C)Cc1ccc(N)cc1. The first kappa shape index (κ1) is 13.0. The maximum absolute atomic E-state index is 8.96. The van der Waals surface area contributed by atoms with Gasteiger partial charge in [-0.2, -0.15) is 0 Å². The number of rotatable bonds is 6. The Morgan fingerprint density at radius 1 is 1.31 bits per heavy atom. The number of anilines is 1. The van der Waals surface area contributed by atoms with Gasteiger partial charge in [0.25, 0.3) is 0 Å². The summed E-state index contributed by atoms with van der Waals surface area (Å²) in [6.07, 6.45) is 0.994. The van der Waals surface area contributed by atoms with E-state index in [1.807, 2.05) is 12.1 Å². The maximum Gasteiger partial charge on any atom is 0.0558 e. The molecule has 0 saturated carbocycles. The number of nitrogens with zero attached hydrogens (tertiary/aromatic N) is 1. The van der Waals surface area contributed by atoms with E-state index in [-0.39, 0.29) is 6.61 Å². The van der Waals surface area contributed by atoms with Crippen molar-refractivity contribution >= 4 is 5.69 Å². The van der Waals surface area contributed by atoms with Gasteiger partial charge in [-0.25, -0.2) is 0 Å². The van der Waals surface area contributed by atoms with Crippen LogP contribution < -0.4 is 5.73 Å². The number of aliphatic hydroxyl groups is 1. The smallest absolute Gasteiger partial charge is 0.0558 e. The van der Waals surface area contributed by atoms with Crippen LogP contribution in [0.25, 0.3) is 0 Å². The summed E-state index contributed by atoms with van der Waals surface area (Å²) in [5, 5.41) is 8.96. The molecule has 16 heavy (non-hydrogen) atoms. The third-order valence-corrected chi connectivity index (χ3v) is 2.93. The Bertz CT molecular complexity index is 297. The van der Waals surface area contributed by atoms with Crippen molar-refractivity contribution in [2.75, 3.05) is 25.4 Å². The van der Waals surface area contributed by atoms with E-state index in [9.17, 15) is 0 Å². The van der Waals surface area contributed by atoms with Gasteiger partial charge in [0.15, 0.2) is 0 Å². The lowest BCUT2D eigenvalue weighted by Crippen LogP contribution is -2.36. The Morgan fingerprint density at radius 3 is 2.44 bits per heavy atom. The molecule has 0 fully saturated rings. The van der Waals surface area contributed by atoms with E-state index in [2.05, 4.69) is 30.9 Å². The minimum absolute atomic E-state index is 0.222. The second kappa shape index (κ2) is 6.51. The predicted molar refractivity (Wildman–Crippen MR) is 68.4 cm³/mol. The Hall–Kier alpha value is -1.06. The molecule has 3 heteroatoms. The first-order valence-corrected chi connectivity index (χ1v) is 5.86. The van der Waals surface area contributed by atoms with Crippen LogP contribution in [0.4, 0.5) is 5.69 Å².